The van der Waals surface area contributed by atoms with Crippen molar-refractivity contribution in [3.63, 3.8) is 0 Å². The molecule has 0 aliphatic heterocycles. The van der Waals surface area contributed by atoms with Gasteiger partial charge in [-0.2, -0.15) is 5.10 Å². The maximum atomic E-state index is 5.76. The van der Waals surface area contributed by atoms with Gasteiger partial charge in [0.15, 0.2) is 0 Å². The van der Waals surface area contributed by atoms with Crippen LogP contribution in [0.1, 0.15) is 56.7 Å². The molecule has 1 aromatic rings. The molecule has 1 atom stereocenters. The molecule has 4 nitrogen and oxygen atoms in total. The van der Waals surface area contributed by atoms with E-state index < -0.39 is 0 Å². The Morgan fingerprint density at radius 2 is 1.94 bits per heavy atom. The van der Waals surface area contributed by atoms with Crippen LogP contribution < -0.4 is 11.3 Å². The second-order valence-corrected chi connectivity index (χ2v) is 5.13. The Kier molecular flexibility index (Phi) is 4.57. The van der Waals surface area contributed by atoms with Gasteiger partial charge in [0.25, 0.3) is 0 Å². The third kappa shape index (κ3) is 3.07. The lowest BCUT2D eigenvalue weighted by molar-refractivity contribution is 0.281. The van der Waals surface area contributed by atoms with Gasteiger partial charge in [0, 0.05) is 13.2 Å². The van der Waals surface area contributed by atoms with Crippen LogP contribution in [0.25, 0.3) is 0 Å². The summed E-state index contributed by atoms with van der Waals surface area (Å²) in [5.74, 6) is 6.41. The Balaban J connectivity index is 2.08. The van der Waals surface area contributed by atoms with E-state index in [0.717, 1.165) is 0 Å². The van der Waals surface area contributed by atoms with Gasteiger partial charge < -0.3 is 0 Å². The number of nitrogens with zero attached hydrogens (tertiary/aromatic N) is 2. The normalized spacial score (nSPS) is 20.8. The Hall–Kier alpha value is -0.870. The van der Waals surface area contributed by atoms with Crippen LogP contribution in [0.15, 0.2) is 12.3 Å². The van der Waals surface area contributed by atoms with E-state index in [2.05, 4.69) is 16.6 Å². The zero-order valence-electron chi connectivity index (χ0n) is 10.7. The van der Waals surface area contributed by atoms with Crippen LogP contribution in [-0.2, 0) is 7.05 Å². The quantitative estimate of drug-likeness (QED) is 0.625. The van der Waals surface area contributed by atoms with Gasteiger partial charge in [-0.1, -0.05) is 32.1 Å². The van der Waals surface area contributed by atoms with Crippen LogP contribution in [0.3, 0.4) is 0 Å². The van der Waals surface area contributed by atoms with Gasteiger partial charge in [-0.05, 0) is 24.8 Å². The third-order valence-corrected chi connectivity index (χ3v) is 3.98. The highest BCUT2D eigenvalue weighted by Gasteiger charge is 2.24. The smallest absolute Gasteiger partial charge is 0.0657 e. The van der Waals surface area contributed by atoms with Crippen molar-refractivity contribution in [1.82, 2.24) is 15.2 Å². The zero-order chi connectivity index (χ0) is 12.1. The molecule has 0 amide bonds. The molecule has 1 fully saturated rings. The van der Waals surface area contributed by atoms with Crippen molar-refractivity contribution in [3.8, 4) is 0 Å². The topological polar surface area (TPSA) is 55.9 Å². The molecule has 0 saturated heterocycles. The average Bonchev–Trinajstić information content (AvgIpc) is 2.69. The first-order chi connectivity index (χ1) is 8.33. The average molecular weight is 236 g/mol. The maximum Gasteiger partial charge on any atom is 0.0657 e. The summed E-state index contributed by atoms with van der Waals surface area (Å²) >= 11 is 0. The first-order valence-corrected chi connectivity index (χ1v) is 6.77. The molecule has 1 saturated carbocycles. The van der Waals surface area contributed by atoms with E-state index in [4.69, 9.17) is 5.84 Å². The summed E-state index contributed by atoms with van der Waals surface area (Å²) < 4.78 is 1.93. The summed E-state index contributed by atoms with van der Waals surface area (Å²) in [5.41, 5.74) is 4.21. The van der Waals surface area contributed by atoms with Gasteiger partial charge in [0.1, 0.15) is 0 Å². The fourth-order valence-electron chi connectivity index (χ4n) is 2.97. The Bertz CT molecular complexity index is 326. The van der Waals surface area contributed by atoms with Crippen molar-refractivity contribution in [1.29, 1.82) is 0 Å². The fourth-order valence-corrected chi connectivity index (χ4v) is 2.97. The van der Waals surface area contributed by atoms with Crippen LogP contribution in [-0.4, -0.2) is 9.78 Å². The second kappa shape index (κ2) is 6.17. The second-order valence-electron chi connectivity index (χ2n) is 5.13. The van der Waals surface area contributed by atoms with Crippen molar-refractivity contribution in [2.24, 2.45) is 18.8 Å². The van der Waals surface area contributed by atoms with E-state index in [-0.39, 0.29) is 6.04 Å². The van der Waals surface area contributed by atoms with Crippen molar-refractivity contribution in [3.05, 3.63) is 18.0 Å². The Morgan fingerprint density at radius 1 is 1.29 bits per heavy atom. The highest BCUT2D eigenvalue weighted by atomic mass is 15.3. The number of aromatic nitrogens is 2. The van der Waals surface area contributed by atoms with E-state index in [1.807, 2.05) is 17.9 Å². The van der Waals surface area contributed by atoms with Crippen LogP contribution in [0.5, 0.6) is 0 Å². The van der Waals surface area contributed by atoms with Crippen molar-refractivity contribution >= 4 is 0 Å². The first kappa shape index (κ1) is 12.6. The molecule has 1 heterocycles. The largest absolute Gasteiger partial charge is 0.271 e. The standard InChI is InChI=1S/C13H24N4/c1-17-12(9-10-15-17)13(16-14)11-7-5-3-2-4-6-8-11/h9-11,13,16H,2-8,14H2,1H3. The van der Waals surface area contributed by atoms with E-state index in [9.17, 15) is 0 Å². The van der Waals surface area contributed by atoms with Gasteiger partial charge >= 0.3 is 0 Å². The number of hydrogen-bond acceptors (Lipinski definition) is 3. The molecule has 0 bridgehead atoms. The Morgan fingerprint density at radius 3 is 2.47 bits per heavy atom. The molecule has 1 unspecified atom stereocenters. The molecule has 96 valence electrons. The molecule has 0 radical (unpaired) electrons. The molecule has 3 N–H and O–H groups in total. The predicted molar refractivity (Wildman–Crippen MR) is 69.1 cm³/mol. The summed E-state index contributed by atoms with van der Waals surface area (Å²) in [4.78, 5) is 0. The van der Waals surface area contributed by atoms with Crippen molar-refractivity contribution in [2.75, 3.05) is 0 Å². The number of aryl methyl sites for hydroxylation is 1. The molecule has 17 heavy (non-hydrogen) atoms. The lowest BCUT2D eigenvalue weighted by Crippen LogP contribution is -2.35. The summed E-state index contributed by atoms with van der Waals surface area (Å²) in [5, 5.41) is 4.24. The van der Waals surface area contributed by atoms with E-state index in [1.54, 1.807) is 0 Å². The molecular weight excluding hydrogens is 212 g/mol. The number of nitrogens with one attached hydrogen (secondary N) is 1. The fraction of sp³-hybridized carbons (Fsp3) is 0.769. The molecule has 1 aromatic heterocycles. The van der Waals surface area contributed by atoms with E-state index in [0.29, 0.717) is 5.92 Å². The van der Waals surface area contributed by atoms with Crippen LogP contribution >= 0.6 is 0 Å². The van der Waals surface area contributed by atoms with Gasteiger partial charge in [-0.3, -0.25) is 16.0 Å². The number of hydrogen-bond donors (Lipinski definition) is 2. The number of rotatable bonds is 3. The minimum atomic E-state index is 0.251. The third-order valence-electron chi connectivity index (χ3n) is 3.98. The molecule has 4 heteroatoms. The van der Waals surface area contributed by atoms with Crippen LogP contribution in [0.4, 0.5) is 0 Å². The summed E-state index contributed by atoms with van der Waals surface area (Å²) in [6.07, 6.45) is 11.2. The van der Waals surface area contributed by atoms with Crippen molar-refractivity contribution in [2.45, 2.75) is 51.0 Å². The first-order valence-electron chi connectivity index (χ1n) is 6.77. The van der Waals surface area contributed by atoms with Gasteiger partial charge in [-0.25, -0.2) is 0 Å². The van der Waals surface area contributed by atoms with Gasteiger partial charge in [0.2, 0.25) is 0 Å². The highest BCUT2D eigenvalue weighted by molar-refractivity contribution is 5.08. The Labute approximate surface area is 104 Å². The molecule has 0 aromatic carbocycles. The minimum absolute atomic E-state index is 0.251. The van der Waals surface area contributed by atoms with Gasteiger partial charge in [-0.15, -0.1) is 0 Å². The van der Waals surface area contributed by atoms with Crippen LogP contribution in [0, 0.1) is 5.92 Å². The number of nitrogens with two attached hydrogens (primary N) is 1. The van der Waals surface area contributed by atoms with E-state index in [1.165, 1.54) is 50.6 Å². The molecule has 2 rings (SSSR count). The molecule has 1 aliphatic carbocycles. The molecule has 0 spiro atoms. The lowest BCUT2D eigenvalue weighted by Gasteiger charge is -2.28. The summed E-state index contributed by atoms with van der Waals surface area (Å²) in [7, 11) is 1.99. The monoisotopic (exact) mass is 236 g/mol. The van der Waals surface area contributed by atoms with Crippen molar-refractivity contribution < 1.29 is 0 Å². The van der Waals surface area contributed by atoms with Gasteiger partial charge in [0.05, 0.1) is 11.7 Å². The summed E-state index contributed by atoms with van der Waals surface area (Å²) in [6.45, 7) is 0. The summed E-state index contributed by atoms with van der Waals surface area (Å²) in [6, 6.07) is 2.32. The predicted octanol–water partition coefficient (Wildman–Crippen LogP) is 2.29. The minimum Gasteiger partial charge on any atom is -0.271 e. The SMILES string of the molecule is Cn1nccc1C(NN)C1CCCCCCC1. The van der Waals surface area contributed by atoms with E-state index >= 15 is 0 Å². The van der Waals surface area contributed by atoms with Crippen LogP contribution in [0.2, 0.25) is 0 Å². The number of hydrazine groups is 1. The molecule has 1 aliphatic rings. The maximum absolute atomic E-state index is 5.76. The zero-order valence-corrected chi connectivity index (χ0v) is 10.7. The highest BCUT2D eigenvalue weighted by Crippen LogP contribution is 2.32. The lowest BCUT2D eigenvalue weighted by atomic mass is 9.85. The molecular formula is C13H24N4.